The molecule has 5 fully saturated rings. The average molecular weight is 191 g/mol. The van der Waals surface area contributed by atoms with Crippen LogP contribution in [-0.2, 0) is 0 Å². The van der Waals surface area contributed by atoms with Crippen LogP contribution in [0.15, 0.2) is 0 Å². The molecule has 2 N–H and O–H groups in total. The van der Waals surface area contributed by atoms with Crippen LogP contribution in [0.5, 0.6) is 0 Å². The van der Waals surface area contributed by atoms with Gasteiger partial charge in [-0.25, -0.2) is 0 Å². The van der Waals surface area contributed by atoms with Gasteiger partial charge in [0.2, 0.25) is 0 Å². The first-order valence-corrected chi connectivity index (χ1v) is 6.52. The standard InChI is InChI=1S/C13H21N/c14-11-1-2-13-6-8-3-9(7-13)5-10(4-8)12(11)13/h8-12H,1-7,14H2/t8-,9+,10?,11?,12-,13?/m1/s1. The highest BCUT2D eigenvalue weighted by Gasteiger charge is 2.60. The summed E-state index contributed by atoms with van der Waals surface area (Å²) in [5, 5.41) is 0. The molecular weight excluding hydrogens is 170 g/mol. The van der Waals surface area contributed by atoms with Gasteiger partial charge in [-0.3, -0.25) is 0 Å². The first-order chi connectivity index (χ1) is 6.77. The SMILES string of the molecule is NC1CCC23C[C@@H]4CC(C[C@@H](C4)C2)[C@H]13. The summed E-state index contributed by atoms with van der Waals surface area (Å²) in [6, 6.07) is 0.569. The van der Waals surface area contributed by atoms with Crippen LogP contribution in [0.3, 0.4) is 0 Å². The summed E-state index contributed by atoms with van der Waals surface area (Å²) in [4.78, 5) is 0. The maximum Gasteiger partial charge on any atom is 0.00753 e. The molecule has 4 bridgehead atoms. The first kappa shape index (κ1) is 8.15. The van der Waals surface area contributed by atoms with Gasteiger partial charge in [-0.05, 0) is 74.0 Å². The van der Waals surface area contributed by atoms with Crippen molar-refractivity contribution in [3.05, 3.63) is 0 Å². The molecule has 1 spiro atoms. The Kier molecular flexibility index (Phi) is 1.38. The highest BCUT2D eigenvalue weighted by molar-refractivity contribution is 5.11. The van der Waals surface area contributed by atoms with Crippen LogP contribution in [0.1, 0.15) is 44.9 Å². The van der Waals surface area contributed by atoms with Crippen molar-refractivity contribution in [3.8, 4) is 0 Å². The summed E-state index contributed by atoms with van der Waals surface area (Å²) in [6.07, 6.45) is 10.6. The van der Waals surface area contributed by atoms with Crippen molar-refractivity contribution in [2.45, 2.75) is 51.0 Å². The number of hydrogen-bond donors (Lipinski definition) is 1. The predicted molar refractivity (Wildman–Crippen MR) is 56.7 cm³/mol. The Morgan fingerprint density at radius 2 is 1.71 bits per heavy atom. The van der Waals surface area contributed by atoms with Crippen LogP contribution in [0.2, 0.25) is 0 Å². The van der Waals surface area contributed by atoms with E-state index in [1.54, 1.807) is 19.3 Å². The van der Waals surface area contributed by atoms with Gasteiger partial charge in [0.25, 0.3) is 0 Å². The van der Waals surface area contributed by atoms with Gasteiger partial charge in [0.1, 0.15) is 0 Å². The Morgan fingerprint density at radius 1 is 1.00 bits per heavy atom. The van der Waals surface area contributed by atoms with Crippen molar-refractivity contribution < 1.29 is 0 Å². The third-order valence-corrected chi connectivity index (χ3v) is 5.98. The molecule has 0 aromatic heterocycles. The van der Waals surface area contributed by atoms with E-state index in [4.69, 9.17) is 5.73 Å². The van der Waals surface area contributed by atoms with Gasteiger partial charge in [-0.2, -0.15) is 0 Å². The maximum absolute atomic E-state index is 6.33. The predicted octanol–water partition coefficient (Wildman–Crippen LogP) is 2.55. The van der Waals surface area contributed by atoms with Gasteiger partial charge < -0.3 is 5.73 Å². The molecule has 0 amide bonds. The van der Waals surface area contributed by atoms with Crippen molar-refractivity contribution in [1.82, 2.24) is 0 Å². The molecule has 0 aromatic carbocycles. The normalized spacial score (nSPS) is 64.5. The van der Waals surface area contributed by atoms with E-state index < -0.39 is 0 Å². The molecule has 5 aliphatic rings. The van der Waals surface area contributed by atoms with Crippen LogP contribution in [0, 0.1) is 29.1 Å². The molecule has 78 valence electrons. The van der Waals surface area contributed by atoms with E-state index in [0.717, 1.165) is 29.1 Å². The number of rotatable bonds is 0. The lowest BCUT2D eigenvalue weighted by atomic mass is 9.46. The van der Waals surface area contributed by atoms with Gasteiger partial charge in [-0.15, -0.1) is 0 Å². The first-order valence-electron chi connectivity index (χ1n) is 6.52. The molecule has 0 aromatic rings. The Hall–Kier alpha value is -0.0400. The summed E-state index contributed by atoms with van der Waals surface area (Å²) in [5.41, 5.74) is 7.09. The van der Waals surface area contributed by atoms with Gasteiger partial charge in [-0.1, -0.05) is 0 Å². The van der Waals surface area contributed by atoms with Crippen LogP contribution < -0.4 is 5.73 Å². The molecule has 14 heavy (non-hydrogen) atoms. The van der Waals surface area contributed by atoms with Gasteiger partial charge in [0.05, 0.1) is 0 Å². The Labute approximate surface area is 86.4 Å². The van der Waals surface area contributed by atoms with Gasteiger partial charge >= 0.3 is 0 Å². The smallest absolute Gasteiger partial charge is 0.00753 e. The highest BCUT2D eigenvalue weighted by atomic mass is 14.8. The van der Waals surface area contributed by atoms with Gasteiger partial charge in [0.15, 0.2) is 0 Å². The van der Waals surface area contributed by atoms with E-state index in [0.29, 0.717) is 6.04 Å². The number of nitrogens with two attached hydrogens (primary N) is 1. The molecule has 0 saturated heterocycles. The maximum atomic E-state index is 6.33. The summed E-state index contributed by atoms with van der Waals surface area (Å²) >= 11 is 0. The Balaban J connectivity index is 1.79. The van der Waals surface area contributed by atoms with Crippen LogP contribution >= 0.6 is 0 Å². The van der Waals surface area contributed by atoms with E-state index >= 15 is 0 Å². The van der Waals surface area contributed by atoms with Crippen LogP contribution in [0.4, 0.5) is 0 Å². The second-order valence-corrected chi connectivity index (χ2v) is 6.70. The molecule has 0 heterocycles. The second-order valence-electron chi connectivity index (χ2n) is 6.70. The minimum absolute atomic E-state index is 0.569. The fraction of sp³-hybridized carbons (Fsp3) is 1.00. The molecular formula is C13H21N. The third-order valence-electron chi connectivity index (χ3n) is 5.98. The molecule has 1 nitrogen and oxygen atoms in total. The Morgan fingerprint density at radius 3 is 2.43 bits per heavy atom. The van der Waals surface area contributed by atoms with Crippen molar-refractivity contribution >= 4 is 0 Å². The summed E-state index contributed by atoms with van der Waals surface area (Å²) in [6.45, 7) is 0. The van der Waals surface area contributed by atoms with E-state index in [9.17, 15) is 0 Å². The summed E-state index contributed by atoms with van der Waals surface area (Å²) in [5.74, 6) is 4.19. The lowest BCUT2D eigenvalue weighted by Crippen LogP contribution is -2.53. The van der Waals surface area contributed by atoms with Crippen molar-refractivity contribution in [1.29, 1.82) is 0 Å². The molecule has 5 aliphatic carbocycles. The van der Waals surface area contributed by atoms with Gasteiger partial charge in [0, 0.05) is 6.04 Å². The zero-order chi connectivity index (χ0) is 9.34. The number of hydrogen-bond acceptors (Lipinski definition) is 1. The minimum atomic E-state index is 0.569. The molecule has 0 aliphatic heterocycles. The minimum Gasteiger partial charge on any atom is -0.327 e. The summed E-state index contributed by atoms with van der Waals surface area (Å²) < 4.78 is 0. The lowest BCUT2D eigenvalue weighted by Gasteiger charge is -2.60. The monoisotopic (exact) mass is 191 g/mol. The van der Waals surface area contributed by atoms with E-state index in [1.807, 2.05) is 0 Å². The molecule has 5 saturated carbocycles. The zero-order valence-corrected chi connectivity index (χ0v) is 8.91. The quantitative estimate of drug-likeness (QED) is 0.625. The molecule has 1 heteroatoms. The summed E-state index contributed by atoms with van der Waals surface area (Å²) in [7, 11) is 0. The van der Waals surface area contributed by atoms with Crippen molar-refractivity contribution in [2.24, 2.45) is 34.8 Å². The largest absolute Gasteiger partial charge is 0.327 e. The van der Waals surface area contributed by atoms with Crippen LogP contribution in [0.25, 0.3) is 0 Å². The molecule has 6 atom stereocenters. The third kappa shape index (κ3) is 0.816. The molecule has 5 rings (SSSR count). The van der Waals surface area contributed by atoms with Crippen molar-refractivity contribution in [2.75, 3.05) is 0 Å². The average Bonchev–Trinajstić information content (AvgIpc) is 2.42. The fourth-order valence-electron chi connectivity index (χ4n) is 6.06. The van der Waals surface area contributed by atoms with Crippen LogP contribution in [-0.4, -0.2) is 6.04 Å². The topological polar surface area (TPSA) is 26.0 Å². The second kappa shape index (κ2) is 2.37. The molecule has 0 radical (unpaired) electrons. The lowest BCUT2D eigenvalue weighted by molar-refractivity contribution is -0.0948. The zero-order valence-electron chi connectivity index (χ0n) is 8.91. The van der Waals surface area contributed by atoms with E-state index in [1.165, 1.54) is 25.7 Å². The van der Waals surface area contributed by atoms with E-state index in [-0.39, 0.29) is 0 Å². The van der Waals surface area contributed by atoms with Crippen molar-refractivity contribution in [3.63, 3.8) is 0 Å². The van der Waals surface area contributed by atoms with E-state index in [2.05, 4.69) is 0 Å². The highest BCUT2D eigenvalue weighted by Crippen LogP contribution is 2.67. The molecule has 3 unspecified atom stereocenters. The fourth-order valence-corrected chi connectivity index (χ4v) is 6.06. The Bertz CT molecular complexity index is 258.